The molecule has 0 radical (unpaired) electrons. The molecule has 0 heterocycles. The summed E-state index contributed by atoms with van der Waals surface area (Å²) in [5, 5.41) is 9.93. The summed E-state index contributed by atoms with van der Waals surface area (Å²) >= 11 is 5.90. The first kappa shape index (κ1) is 20.3. The molecule has 2 aromatic rings. The van der Waals surface area contributed by atoms with E-state index >= 15 is 0 Å². The third-order valence-corrected chi connectivity index (χ3v) is 4.08. The molecule has 0 saturated carbocycles. The molecule has 2 aromatic carbocycles. The number of carbonyl (C=O) groups is 1. The van der Waals surface area contributed by atoms with E-state index in [1.165, 1.54) is 4.90 Å². The van der Waals surface area contributed by atoms with Crippen molar-refractivity contribution in [1.29, 1.82) is 5.26 Å². The fourth-order valence-corrected chi connectivity index (χ4v) is 2.56. The first-order valence-electron chi connectivity index (χ1n) is 8.39. The lowest BCUT2D eigenvalue weighted by Crippen LogP contribution is -2.22. The van der Waals surface area contributed by atoms with Crippen molar-refractivity contribution in [2.75, 3.05) is 14.1 Å². The molecule has 27 heavy (non-hydrogen) atoms. The van der Waals surface area contributed by atoms with E-state index < -0.39 is 0 Å². The number of hydrogen-bond acceptors (Lipinski definition) is 3. The topological polar surface area (TPSA) is 53.3 Å². The number of benzene rings is 2. The number of halogens is 1. The van der Waals surface area contributed by atoms with Gasteiger partial charge in [-0.25, -0.2) is 0 Å². The van der Waals surface area contributed by atoms with Gasteiger partial charge in [-0.05, 0) is 53.5 Å². The maximum atomic E-state index is 12.0. The average Bonchev–Trinajstić information content (AvgIpc) is 2.66. The standard InChI is InChI=1S/C22H21ClN2O2/c1-4-5-18-12-17(13-19(14-24)22(26)25(2)3)8-11-21(18)27-15-16-6-9-20(23)10-7-16/h4,6-13H,1,5,15H2,2-3H3/b19-13-. The van der Waals surface area contributed by atoms with E-state index in [2.05, 4.69) is 6.58 Å². The molecule has 0 N–H and O–H groups in total. The van der Waals surface area contributed by atoms with Gasteiger partial charge in [0.2, 0.25) is 0 Å². The van der Waals surface area contributed by atoms with Crippen molar-refractivity contribution < 1.29 is 9.53 Å². The summed E-state index contributed by atoms with van der Waals surface area (Å²) in [7, 11) is 3.23. The molecule has 0 aliphatic heterocycles. The van der Waals surface area contributed by atoms with Gasteiger partial charge in [0, 0.05) is 19.1 Å². The quantitative estimate of drug-likeness (QED) is 0.399. The Balaban J connectivity index is 2.25. The molecule has 0 aliphatic carbocycles. The fourth-order valence-electron chi connectivity index (χ4n) is 2.44. The molecule has 4 nitrogen and oxygen atoms in total. The summed E-state index contributed by atoms with van der Waals surface area (Å²) in [6, 6.07) is 15.0. The van der Waals surface area contributed by atoms with Crippen LogP contribution in [0.4, 0.5) is 0 Å². The smallest absolute Gasteiger partial charge is 0.264 e. The Morgan fingerprint density at radius 2 is 1.96 bits per heavy atom. The molecule has 0 unspecified atom stereocenters. The molecule has 2 rings (SSSR count). The van der Waals surface area contributed by atoms with Gasteiger partial charge in [0.25, 0.3) is 5.91 Å². The molecule has 0 bridgehead atoms. The summed E-state index contributed by atoms with van der Waals surface area (Å²) in [5.74, 6) is 0.408. The van der Waals surface area contributed by atoms with E-state index in [0.29, 0.717) is 18.1 Å². The average molecular weight is 381 g/mol. The normalized spacial score (nSPS) is 10.8. The minimum absolute atomic E-state index is 0.0828. The molecular formula is C22H21ClN2O2. The largest absolute Gasteiger partial charge is 0.489 e. The summed E-state index contributed by atoms with van der Waals surface area (Å²) in [6.45, 7) is 4.20. The van der Waals surface area contributed by atoms with Crippen LogP contribution in [0.3, 0.4) is 0 Å². The molecule has 0 aliphatic rings. The monoisotopic (exact) mass is 380 g/mol. The Kier molecular flexibility index (Phi) is 7.22. The van der Waals surface area contributed by atoms with E-state index in [-0.39, 0.29) is 11.5 Å². The molecule has 0 fully saturated rings. The lowest BCUT2D eigenvalue weighted by Gasteiger charge is -2.12. The summed E-state index contributed by atoms with van der Waals surface area (Å²) in [6.07, 6.45) is 3.98. The first-order valence-corrected chi connectivity index (χ1v) is 8.77. The Morgan fingerprint density at radius 3 is 2.56 bits per heavy atom. The fraction of sp³-hybridized carbons (Fsp3) is 0.182. The van der Waals surface area contributed by atoms with Crippen LogP contribution >= 0.6 is 11.6 Å². The highest BCUT2D eigenvalue weighted by Gasteiger charge is 2.12. The Hall–Kier alpha value is -3.03. The number of nitriles is 1. The van der Waals surface area contributed by atoms with Crippen molar-refractivity contribution in [3.8, 4) is 11.8 Å². The highest BCUT2D eigenvalue weighted by molar-refractivity contribution is 6.30. The number of carbonyl (C=O) groups excluding carboxylic acids is 1. The van der Waals surface area contributed by atoms with Gasteiger partial charge in [0.05, 0.1) is 0 Å². The number of likely N-dealkylation sites (N-methyl/N-ethyl adjacent to an activating group) is 1. The molecule has 0 aromatic heterocycles. The van der Waals surface area contributed by atoms with Crippen LogP contribution in [0.1, 0.15) is 16.7 Å². The molecule has 5 heteroatoms. The zero-order valence-corrected chi connectivity index (χ0v) is 16.2. The number of ether oxygens (including phenoxy) is 1. The molecule has 0 atom stereocenters. The zero-order valence-electron chi connectivity index (χ0n) is 15.4. The van der Waals surface area contributed by atoms with Crippen molar-refractivity contribution in [1.82, 2.24) is 4.90 Å². The van der Waals surface area contributed by atoms with Gasteiger partial charge in [-0.1, -0.05) is 35.9 Å². The zero-order chi connectivity index (χ0) is 19.8. The van der Waals surface area contributed by atoms with Crippen LogP contribution < -0.4 is 4.74 Å². The Morgan fingerprint density at radius 1 is 1.26 bits per heavy atom. The third-order valence-electron chi connectivity index (χ3n) is 3.82. The minimum atomic E-state index is -0.328. The lowest BCUT2D eigenvalue weighted by atomic mass is 10.0. The second-order valence-corrected chi connectivity index (χ2v) is 6.58. The van der Waals surface area contributed by atoms with Crippen LogP contribution in [-0.4, -0.2) is 24.9 Å². The molecule has 1 amide bonds. The van der Waals surface area contributed by atoms with Crippen LogP contribution in [0, 0.1) is 11.3 Å². The lowest BCUT2D eigenvalue weighted by molar-refractivity contribution is -0.124. The highest BCUT2D eigenvalue weighted by Crippen LogP contribution is 2.24. The Bertz CT molecular complexity index is 894. The van der Waals surface area contributed by atoms with Crippen molar-refractivity contribution in [2.24, 2.45) is 0 Å². The second kappa shape index (κ2) is 9.61. The number of allylic oxidation sites excluding steroid dienone is 1. The highest BCUT2D eigenvalue weighted by atomic mass is 35.5. The van der Waals surface area contributed by atoms with Crippen molar-refractivity contribution in [3.05, 3.63) is 82.4 Å². The van der Waals surface area contributed by atoms with Crippen molar-refractivity contribution in [3.63, 3.8) is 0 Å². The van der Waals surface area contributed by atoms with Crippen LogP contribution in [-0.2, 0) is 17.8 Å². The van der Waals surface area contributed by atoms with Crippen LogP contribution in [0.2, 0.25) is 5.02 Å². The summed E-state index contributed by atoms with van der Waals surface area (Å²) in [4.78, 5) is 13.4. The number of amides is 1. The van der Waals surface area contributed by atoms with E-state index in [1.54, 1.807) is 26.2 Å². The van der Waals surface area contributed by atoms with Gasteiger partial charge >= 0.3 is 0 Å². The number of nitrogens with zero attached hydrogens (tertiary/aromatic N) is 2. The van der Waals surface area contributed by atoms with Crippen molar-refractivity contribution in [2.45, 2.75) is 13.0 Å². The van der Waals surface area contributed by atoms with Gasteiger partial charge < -0.3 is 9.64 Å². The number of hydrogen-bond donors (Lipinski definition) is 0. The van der Waals surface area contributed by atoms with Gasteiger partial charge in [0.15, 0.2) is 0 Å². The molecule has 138 valence electrons. The maximum absolute atomic E-state index is 12.0. The van der Waals surface area contributed by atoms with Gasteiger partial charge in [-0.15, -0.1) is 6.58 Å². The van der Waals surface area contributed by atoms with Gasteiger partial charge in [0.1, 0.15) is 24.0 Å². The molecule has 0 saturated heterocycles. The maximum Gasteiger partial charge on any atom is 0.264 e. The van der Waals surface area contributed by atoms with E-state index in [9.17, 15) is 10.1 Å². The van der Waals surface area contributed by atoms with Gasteiger partial charge in [-0.2, -0.15) is 5.26 Å². The predicted octanol–water partition coefficient (Wildman–Crippen LogP) is 4.64. The van der Waals surface area contributed by atoms with E-state index in [1.807, 2.05) is 48.5 Å². The van der Waals surface area contributed by atoms with E-state index in [4.69, 9.17) is 16.3 Å². The van der Waals surface area contributed by atoms with Crippen LogP contribution in [0.15, 0.2) is 60.7 Å². The Labute approximate surface area is 164 Å². The molecule has 0 spiro atoms. The van der Waals surface area contributed by atoms with Gasteiger partial charge in [-0.3, -0.25) is 4.79 Å². The SMILES string of the molecule is C=CCc1cc(/C=C(/C#N)C(=O)N(C)C)ccc1OCc1ccc(Cl)cc1. The predicted molar refractivity (Wildman–Crippen MR) is 108 cm³/mol. The summed E-state index contributed by atoms with van der Waals surface area (Å²) in [5.41, 5.74) is 2.79. The first-order chi connectivity index (χ1) is 12.9. The summed E-state index contributed by atoms with van der Waals surface area (Å²) < 4.78 is 5.94. The minimum Gasteiger partial charge on any atom is -0.489 e. The molecular weight excluding hydrogens is 360 g/mol. The van der Waals surface area contributed by atoms with Crippen LogP contribution in [0.5, 0.6) is 5.75 Å². The number of rotatable bonds is 7. The van der Waals surface area contributed by atoms with E-state index in [0.717, 1.165) is 22.4 Å². The third kappa shape index (κ3) is 5.73. The van der Waals surface area contributed by atoms with Crippen molar-refractivity contribution >= 4 is 23.6 Å². The second-order valence-electron chi connectivity index (χ2n) is 6.14. The van der Waals surface area contributed by atoms with Crippen LogP contribution in [0.25, 0.3) is 6.08 Å².